The zero-order chi connectivity index (χ0) is 9.84. The number of ether oxygens (including phenoxy) is 1. The maximum Gasteiger partial charge on any atom is 0.142 e. The molecule has 0 spiro atoms. The third kappa shape index (κ3) is 2.26. The van der Waals surface area contributed by atoms with E-state index >= 15 is 0 Å². The number of hydrogen-bond acceptors (Lipinski definition) is 3. The van der Waals surface area contributed by atoms with Crippen LogP contribution in [0.1, 0.15) is 5.56 Å². The first kappa shape index (κ1) is 10.2. The van der Waals surface area contributed by atoms with Crippen LogP contribution >= 0.6 is 11.6 Å². The predicted molar refractivity (Wildman–Crippen MR) is 55.4 cm³/mol. The van der Waals surface area contributed by atoms with Crippen LogP contribution < -0.4 is 15.8 Å². The van der Waals surface area contributed by atoms with Crippen LogP contribution in [0.25, 0.3) is 0 Å². The Labute approximate surface area is 82.8 Å². The van der Waals surface area contributed by atoms with Crippen LogP contribution in [-0.4, -0.2) is 13.8 Å². The Morgan fingerprint density at radius 2 is 2.23 bits per heavy atom. The number of methoxy groups -OCH3 is 1. The minimum atomic E-state index is 0.357. The Morgan fingerprint density at radius 1 is 1.54 bits per heavy atom. The molecule has 0 aliphatic rings. The summed E-state index contributed by atoms with van der Waals surface area (Å²) in [5, 5.41) is 3.67. The number of rotatable bonds is 3. The Bertz CT molecular complexity index is 302. The van der Waals surface area contributed by atoms with Gasteiger partial charge in [0.25, 0.3) is 0 Å². The van der Waals surface area contributed by atoms with Crippen LogP contribution in [0.15, 0.2) is 12.1 Å². The average molecular weight is 201 g/mol. The number of aryl methyl sites for hydroxylation is 1. The van der Waals surface area contributed by atoms with Crippen molar-refractivity contribution in [2.45, 2.75) is 6.92 Å². The SMILES string of the molecule is COc1cc(C)c(Cl)cc1NCN. The molecule has 1 rings (SSSR count). The fraction of sp³-hybridized carbons (Fsp3) is 0.333. The van der Waals surface area contributed by atoms with Gasteiger partial charge in [-0.05, 0) is 24.6 Å². The molecule has 72 valence electrons. The van der Waals surface area contributed by atoms with Gasteiger partial charge in [0.2, 0.25) is 0 Å². The van der Waals surface area contributed by atoms with Crippen molar-refractivity contribution < 1.29 is 4.74 Å². The molecule has 0 bridgehead atoms. The van der Waals surface area contributed by atoms with Crippen LogP contribution in [0.2, 0.25) is 5.02 Å². The second-order valence-corrected chi connectivity index (χ2v) is 3.09. The van der Waals surface area contributed by atoms with Gasteiger partial charge in [-0.2, -0.15) is 0 Å². The van der Waals surface area contributed by atoms with Gasteiger partial charge in [-0.25, -0.2) is 0 Å². The standard InChI is InChI=1S/C9H13ClN2O/c1-6-3-9(13-2)8(12-5-11)4-7(6)10/h3-4,12H,5,11H2,1-2H3. The smallest absolute Gasteiger partial charge is 0.142 e. The number of nitrogens with one attached hydrogen (secondary N) is 1. The van der Waals surface area contributed by atoms with Gasteiger partial charge in [0.15, 0.2) is 0 Å². The van der Waals surface area contributed by atoms with E-state index in [1.54, 1.807) is 7.11 Å². The van der Waals surface area contributed by atoms with Crippen LogP contribution in [0, 0.1) is 6.92 Å². The van der Waals surface area contributed by atoms with Crippen molar-refractivity contribution in [3.8, 4) is 5.75 Å². The van der Waals surface area contributed by atoms with E-state index in [2.05, 4.69) is 5.32 Å². The number of anilines is 1. The Hall–Kier alpha value is -0.930. The van der Waals surface area contributed by atoms with E-state index in [-0.39, 0.29) is 0 Å². The fourth-order valence-electron chi connectivity index (χ4n) is 1.07. The van der Waals surface area contributed by atoms with Crippen LogP contribution in [0.4, 0.5) is 5.69 Å². The summed E-state index contributed by atoms with van der Waals surface area (Å²) in [5.74, 6) is 0.757. The van der Waals surface area contributed by atoms with Gasteiger partial charge in [-0.3, -0.25) is 0 Å². The van der Waals surface area contributed by atoms with Gasteiger partial charge in [0.05, 0.1) is 19.5 Å². The van der Waals surface area contributed by atoms with Crippen molar-refractivity contribution in [3.05, 3.63) is 22.7 Å². The summed E-state index contributed by atoms with van der Waals surface area (Å²) in [6.07, 6.45) is 0. The van der Waals surface area contributed by atoms with Gasteiger partial charge < -0.3 is 15.8 Å². The lowest BCUT2D eigenvalue weighted by molar-refractivity contribution is 0.416. The first-order valence-electron chi connectivity index (χ1n) is 3.97. The summed E-state index contributed by atoms with van der Waals surface area (Å²) < 4.78 is 5.16. The van der Waals surface area contributed by atoms with Gasteiger partial charge in [0.1, 0.15) is 5.75 Å². The summed E-state index contributed by atoms with van der Waals surface area (Å²) in [5.41, 5.74) is 7.17. The molecule has 0 saturated carbocycles. The van der Waals surface area contributed by atoms with Crippen molar-refractivity contribution in [2.75, 3.05) is 19.1 Å². The monoisotopic (exact) mass is 200 g/mol. The minimum absolute atomic E-state index is 0.357. The molecular formula is C9H13ClN2O. The van der Waals surface area contributed by atoms with Gasteiger partial charge >= 0.3 is 0 Å². The van der Waals surface area contributed by atoms with Crippen molar-refractivity contribution in [2.24, 2.45) is 5.73 Å². The summed E-state index contributed by atoms with van der Waals surface area (Å²) in [6.45, 7) is 2.28. The second kappa shape index (κ2) is 4.35. The highest BCUT2D eigenvalue weighted by Gasteiger charge is 2.05. The van der Waals surface area contributed by atoms with Gasteiger partial charge in [-0.1, -0.05) is 11.6 Å². The molecule has 4 heteroatoms. The van der Waals surface area contributed by atoms with E-state index in [1.807, 2.05) is 19.1 Å². The third-order valence-electron chi connectivity index (χ3n) is 1.77. The molecule has 0 unspecified atom stereocenters. The zero-order valence-electron chi connectivity index (χ0n) is 7.73. The molecule has 0 atom stereocenters. The minimum Gasteiger partial charge on any atom is -0.495 e. The van der Waals surface area contributed by atoms with Crippen LogP contribution in [-0.2, 0) is 0 Å². The lowest BCUT2D eigenvalue weighted by Crippen LogP contribution is -2.11. The van der Waals surface area contributed by atoms with E-state index in [0.717, 1.165) is 17.0 Å². The molecule has 0 fully saturated rings. The first-order chi connectivity index (χ1) is 6.19. The van der Waals surface area contributed by atoms with E-state index in [0.29, 0.717) is 11.7 Å². The van der Waals surface area contributed by atoms with Crippen LogP contribution in [0.3, 0.4) is 0 Å². The molecule has 0 radical (unpaired) electrons. The molecule has 0 saturated heterocycles. The Balaban J connectivity index is 3.09. The number of hydrogen-bond donors (Lipinski definition) is 2. The molecular weight excluding hydrogens is 188 g/mol. The maximum absolute atomic E-state index is 5.94. The largest absolute Gasteiger partial charge is 0.495 e. The quantitative estimate of drug-likeness (QED) is 0.734. The van der Waals surface area contributed by atoms with E-state index in [4.69, 9.17) is 22.1 Å². The summed E-state index contributed by atoms with van der Waals surface area (Å²) in [6, 6.07) is 3.68. The van der Waals surface area contributed by atoms with Gasteiger partial charge in [0, 0.05) is 5.02 Å². The molecule has 0 aliphatic carbocycles. The number of nitrogens with two attached hydrogens (primary N) is 1. The lowest BCUT2D eigenvalue weighted by atomic mass is 10.2. The van der Waals surface area contributed by atoms with Crippen LogP contribution in [0.5, 0.6) is 5.75 Å². The molecule has 0 aliphatic heterocycles. The Morgan fingerprint density at radius 3 is 2.77 bits per heavy atom. The summed E-state index contributed by atoms with van der Waals surface area (Å²) in [4.78, 5) is 0. The maximum atomic E-state index is 5.94. The molecule has 0 heterocycles. The fourth-order valence-corrected chi connectivity index (χ4v) is 1.24. The first-order valence-corrected chi connectivity index (χ1v) is 4.35. The van der Waals surface area contributed by atoms with Crippen molar-refractivity contribution in [3.63, 3.8) is 0 Å². The zero-order valence-corrected chi connectivity index (χ0v) is 8.48. The number of benzene rings is 1. The highest BCUT2D eigenvalue weighted by atomic mass is 35.5. The second-order valence-electron chi connectivity index (χ2n) is 2.68. The van der Waals surface area contributed by atoms with E-state index in [9.17, 15) is 0 Å². The van der Waals surface area contributed by atoms with E-state index in [1.165, 1.54) is 0 Å². The molecule has 0 aromatic heterocycles. The molecule has 13 heavy (non-hydrogen) atoms. The normalized spacial score (nSPS) is 9.85. The molecule has 1 aromatic carbocycles. The summed E-state index contributed by atoms with van der Waals surface area (Å²) in [7, 11) is 1.62. The topological polar surface area (TPSA) is 47.3 Å². The molecule has 1 aromatic rings. The van der Waals surface area contributed by atoms with Crippen molar-refractivity contribution in [1.29, 1.82) is 0 Å². The highest BCUT2D eigenvalue weighted by Crippen LogP contribution is 2.30. The molecule has 3 N–H and O–H groups in total. The highest BCUT2D eigenvalue weighted by molar-refractivity contribution is 6.31. The summed E-state index contributed by atoms with van der Waals surface area (Å²) >= 11 is 5.94. The van der Waals surface area contributed by atoms with E-state index < -0.39 is 0 Å². The lowest BCUT2D eigenvalue weighted by Gasteiger charge is -2.11. The van der Waals surface area contributed by atoms with Crippen molar-refractivity contribution in [1.82, 2.24) is 0 Å². The predicted octanol–water partition coefficient (Wildman–Crippen LogP) is 1.99. The molecule has 0 amide bonds. The van der Waals surface area contributed by atoms with Crippen molar-refractivity contribution >= 4 is 17.3 Å². The third-order valence-corrected chi connectivity index (χ3v) is 2.18. The van der Waals surface area contributed by atoms with Gasteiger partial charge in [-0.15, -0.1) is 0 Å². The average Bonchev–Trinajstić information content (AvgIpc) is 2.11. The molecule has 3 nitrogen and oxygen atoms in total. The Kier molecular flexibility index (Phi) is 3.39. The number of halogens is 1.